The smallest absolute Gasteiger partial charge is 0.311 e. The summed E-state index contributed by atoms with van der Waals surface area (Å²) in [5, 5.41) is 13.1. The lowest BCUT2D eigenvalue weighted by Gasteiger charge is -2.24. The number of thiazole rings is 1. The van der Waals surface area contributed by atoms with E-state index >= 15 is 0 Å². The van der Waals surface area contributed by atoms with E-state index in [-0.39, 0.29) is 11.8 Å². The van der Waals surface area contributed by atoms with Crippen molar-refractivity contribution in [3.05, 3.63) is 77.9 Å². The Morgan fingerprint density at radius 3 is 2.35 bits per heavy atom. The minimum absolute atomic E-state index is 0.00708. The Kier molecular flexibility index (Phi) is 6.22. The molecule has 1 amide bonds. The molecule has 1 fully saturated rings. The molecule has 0 saturated heterocycles. The Labute approximate surface area is 200 Å². The van der Waals surface area contributed by atoms with E-state index in [1.165, 1.54) is 0 Å². The van der Waals surface area contributed by atoms with Gasteiger partial charge < -0.3 is 14.8 Å². The van der Waals surface area contributed by atoms with Gasteiger partial charge in [0.05, 0.1) is 22.0 Å². The summed E-state index contributed by atoms with van der Waals surface area (Å²) < 4.78 is 5.61. The molecule has 34 heavy (non-hydrogen) atoms. The minimum Gasteiger partial charge on any atom is -0.481 e. The quantitative estimate of drug-likeness (QED) is 0.352. The monoisotopic (exact) mass is 473 g/mol. The Balaban J connectivity index is 1.21. The number of aliphatic carboxylic acids is 1. The second-order valence-electron chi connectivity index (χ2n) is 8.38. The molecule has 2 aromatic heterocycles. The van der Waals surface area contributed by atoms with Gasteiger partial charge in [-0.05, 0) is 43.4 Å². The molecule has 1 saturated carbocycles. The van der Waals surface area contributed by atoms with E-state index in [1.54, 1.807) is 17.5 Å². The topological polar surface area (TPSA) is 105 Å². The van der Waals surface area contributed by atoms with Crippen LogP contribution in [0.3, 0.4) is 0 Å². The van der Waals surface area contributed by atoms with E-state index in [9.17, 15) is 14.7 Å². The summed E-state index contributed by atoms with van der Waals surface area (Å²) in [6.45, 7) is 0. The predicted molar refractivity (Wildman–Crippen MR) is 130 cm³/mol. The number of carboxylic acids is 1. The standard InChI is InChI=1S/C26H23N3O4S/c30-23(24-27-14-21(33-24)16-4-2-1-3-5-16)29-20-12-10-17(11-13-20)22-15-28-25(34-22)18-6-8-19(9-7-18)26(31)32/h1-5,10-15,18-19H,6-9H2,(H,29,30)(H,31,32). The fraction of sp³-hybridized carbons (Fsp3) is 0.231. The number of hydrogen-bond acceptors (Lipinski definition) is 6. The molecule has 0 bridgehead atoms. The van der Waals surface area contributed by atoms with Gasteiger partial charge in [-0.2, -0.15) is 0 Å². The van der Waals surface area contributed by atoms with Crippen LogP contribution in [-0.2, 0) is 4.79 Å². The Bertz CT molecular complexity index is 1290. The molecule has 1 aliphatic carbocycles. The third kappa shape index (κ3) is 4.77. The highest BCUT2D eigenvalue weighted by Crippen LogP contribution is 2.39. The van der Waals surface area contributed by atoms with Crippen molar-refractivity contribution in [1.29, 1.82) is 0 Å². The number of benzene rings is 2. The van der Waals surface area contributed by atoms with Gasteiger partial charge in [0.25, 0.3) is 5.89 Å². The first kappa shape index (κ1) is 22.0. The molecule has 0 aliphatic heterocycles. The normalized spacial score (nSPS) is 17.9. The second-order valence-corrected chi connectivity index (χ2v) is 9.44. The van der Waals surface area contributed by atoms with Gasteiger partial charge >= 0.3 is 11.9 Å². The molecule has 172 valence electrons. The van der Waals surface area contributed by atoms with Gasteiger partial charge in [0.2, 0.25) is 0 Å². The van der Waals surface area contributed by atoms with Gasteiger partial charge in [-0.3, -0.25) is 9.59 Å². The van der Waals surface area contributed by atoms with Crippen molar-refractivity contribution < 1.29 is 19.1 Å². The van der Waals surface area contributed by atoms with Crippen LogP contribution in [0.5, 0.6) is 0 Å². The average molecular weight is 474 g/mol. The fourth-order valence-corrected chi connectivity index (χ4v) is 5.31. The molecule has 0 atom stereocenters. The second kappa shape index (κ2) is 9.61. The summed E-state index contributed by atoms with van der Waals surface area (Å²) in [6.07, 6.45) is 6.56. The summed E-state index contributed by atoms with van der Waals surface area (Å²) in [7, 11) is 0. The SMILES string of the molecule is O=C(Nc1ccc(-c2cnc(C3CCC(C(=O)O)CC3)s2)cc1)c1ncc(-c2ccccc2)o1. The van der Waals surface area contributed by atoms with E-state index in [1.807, 2.05) is 60.8 Å². The van der Waals surface area contributed by atoms with E-state index < -0.39 is 11.9 Å². The lowest BCUT2D eigenvalue weighted by Crippen LogP contribution is -2.20. The molecule has 8 heteroatoms. The first-order valence-electron chi connectivity index (χ1n) is 11.2. The van der Waals surface area contributed by atoms with Crippen molar-refractivity contribution in [3.8, 4) is 21.8 Å². The van der Waals surface area contributed by atoms with Gasteiger partial charge in [-0.1, -0.05) is 42.5 Å². The van der Waals surface area contributed by atoms with Crippen molar-refractivity contribution in [1.82, 2.24) is 9.97 Å². The number of aromatic nitrogens is 2. The van der Waals surface area contributed by atoms with Crippen LogP contribution in [0.15, 0.2) is 71.4 Å². The zero-order valence-electron chi connectivity index (χ0n) is 18.3. The number of oxazole rings is 1. The molecule has 0 unspecified atom stereocenters. The molecule has 7 nitrogen and oxygen atoms in total. The Hall–Kier alpha value is -3.78. The Morgan fingerprint density at radius 2 is 1.65 bits per heavy atom. The molecule has 0 radical (unpaired) electrons. The number of amides is 1. The molecular weight excluding hydrogens is 450 g/mol. The average Bonchev–Trinajstić information content (AvgIpc) is 3.56. The summed E-state index contributed by atoms with van der Waals surface area (Å²) in [5.41, 5.74) is 2.52. The zero-order chi connectivity index (χ0) is 23.5. The van der Waals surface area contributed by atoms with Crippen molar-refractivity contribution in [2.75, 3.05) is 5.32 Å². The van der Waals surface area contributed by atoms with Gasteiger partial charge in [-0.25, -0.2) is 9.97 Å². The first-order valence-corrected chi connectivity index (χ1v) is 12.0. The van der Waals surface area contributed by atoms with Gasteiger partial charge in [0, 0.05) is 23.4 Å². The number of nitrogens with zero attached hydrogens (tertiary/aromatic N) is 2. The predicted octanol–water partition coefficient (Wildman–Crippen LogP) is 6.08. The lowest BCUT2D eigenvalue weighted by molar-refractivity contribution is -0.142. The van der Waals surface area contributed by atoms with Crippen LogP contribution >= 0.6 is 11.3 Å². The number of nitrogens with one attached hydrogen (secondary N) is 1. The van der Waals surface area contributed by atoms with Crippen LogP contribution in [0, 0.1) is 5.92 Å². The van der Waals surface area contributed by atoms with E-state index in [4.69, 9.17) is 4.42 Å². The fourth-order valence-electron chi connectivity index (χ4n) is 4.21. The number of carbonyl (C=O) groups is 2. The number of carboxylic acid groups (broad SMARTS) is 1. The molecular formula is C26H23N3O4S. The summed E-state index contributed by atoms with van der Waals surface area (Å²) in [6, 6.07) is 17.1. The summed E-state index contributed by atoms with van der Waals surface area (Å²) in [4.78, 5) is 33.5. The molecule has 2 aromatic carbocycles. The Morgan fingerprint density at radius 1 is 0.912 bits per heavy atom. The first-order chi connectivity index (χ1) is 16.6. The highest BCUT2D eigenvalue weighted by Gasteiger charge is 2.28. The highest BCUT2D eigenvalue weighted by molar-refractivity contribution is 7.15. The minimum atomic E-state index is -0.690. The van der Waals surface area contributed by atoms with Crippen molar-refractivity contribution in [2.24, 2.45) is 5.92 Å². The maximum Gasteiger partial charge on any atom is 0.311 e. The molecule has 0 spiro atoms. The van der Waals surface area contributed by atoms with Crippen molar-refractivity contribution in [3.63, 3.8) is 0 Å². The summed E-state index contributed by atoms with van der Waals surface area (Å²) >= 11 is 1.65. The molecule has 4 aromatic rings. The third-order valence-corrected chi connectivity index (χ3v) is 7.34. The molecule has 1 aliphatic rings. The highest BCUT2D eigenvalue weighted by atomic mass is 32.1. The van der Waals surface area contributed by atoms with Gasteiger partial charge in [0.15, 0.2) is 5.76 Å². The van der Waals surface area contributed by atoms with Crippen LogP contribution in [0.4, 0.5) is 5.69 Å². The largest absolute Gasteiger partial charge is 0.481 e. The molecule has 5 rings (SSSR count). The zero-order valence-corrected chi connectivity index (χ0v) is 19.1. The van der Waals surface area contributed by atoms with Gasteiger partial charge in [0.1, 0.15) is 0 Å². The van der Waals surface area contributed by atoms with E-state index in [2.05, 4.69) is 15.3 Å². The van der Waals surface area contributed by atoms with Crippen molar-refractivity contribution >= 4 is 28.9 Å². The number of rotatable bonds is 6. The third-order valence-electron chi connectivity index (χ3n) is 6.13. The van der Waals surface area contributed by atoms with Crippen LogP contribution in [0.25, 0.3) is 21.8 Å². The molecule has 2 N–H and O–H groups in total. The number of hydrogen-bond donors (Lipinski definition) is 2. The number of anilines is 1. The van der Waals surface area contributed by atoms with E-state index in [0.717, 1.165) is 33.9 Å². The van der Waals surface area contributed by atoms with Crippen LogP contribution < -0.4 is 5.32 Å². The van der Waals surface area contributed by atoms with Crippen LogP contribution in [-0.4, -0.2) is 27.0 Å². The van der Waals surface area contributed by atoms with E-state index in [0.29, 0.717) is 30.2 Å². The van der Waals surface area contributed by atoms with Crippen molar-refractivity contribution in [2.45, 2.75) is 31.6 Å². The maximum absolute atomic E-state index is 12.5. The van der Waals surface area contributed by atoms with Crippen LogP contribution in [0.1, 0.15) is 47.3 Å². The summed E-state index contributed by atoms with van der Waals surface area (Å²) in [5.74, 6) is -0.447. The van der Waals surface area contributed by atoms with Crippen LogP contribution in [0.2, 0.25) is 0 Å². The maximum atomic E-state index is 12.5. The molecule has 2 heterocycles. The lowest BCUT2D eigenvalue weighted by atomic mass is 9.82. The number of carbonyl (C=O) groups excluding carboxylic acids is 1. The van der Waals surface area contributed by atoms with Gasteiger partial charge in [-0.15, -0.1) is 11.3 Å².